The third-order valence-electron chi connectivity index (χ3n) is 4.88. The van der Waals surface area contributed by atoms with E-state index in [1.54, 1.807) is 10.9 Å². The van der Waals surface area contributed by atoms with Crippen molar-refractivity contribution in [3.05, 3.63) is 33.6 Å². The van der Waals surface area contributed by atoms with Gasteiger partial charge in [-0.05, 0) is 32.3 Å². The van der Waals surface area contributed by atoms with Crippen molar-refractivity contribution in [3.8, 4) is 11.1 Å². The lowest BCUT2D eigenvalue weighted by molar-refractivity contribution is 0.0626. The highest BCUT2D eigenvalue weighted by atomic mass is 35.5. The van der Waals surface area contributed by atoms with Crippen LogP contribution in [0.2, 0.25) is 5.02 Å². The normalized spacial score (nSPS) is 17.4. The molecule has 1 saturated heterocycles. The van der Waals surface area contributed by atoms with Crippen LogP contribution < -0.4 is 5.32 Å². The van der Waals surface area contributed by atoms with E-state index in [1.165, 1.54) is 11.3 Å². The van der Waals surface area contributed by atoms with Crippen molar-refractivity contribution in [1.82, 2.24) is 20.1 Å². The van der Waals surface area contributed by atoms with E-state index >= 15 is 0 Å². The maximum Gasteiger partial charge on any atom is 0.262 e. The number of ether oxygens (including phenoxy) is 1. The Morgan fingerprint density at radius 1 is 1.44 bits per heavy atom. The van der Waals surface area contributed by atoms with E-state index in [-0.39, 0.29) is 11.9 Å². The van der Waals surface area contributed by atoms with Gasteiger partial charge in [0.2, 0.25) is 0 Å². The van der Waals surface area contributed by atoms with Crippen LogP contribution in [-0.4, -0.2) is 39.9 Å². The maximum atomic E-state index is 13.1. The monoisotopic (exact) mass is 404 g/mol. The number of amides is 1. The van der Waals surface area contributed by atoms with Crippen LogP contribution in [0.3, 0.4) is 0 Å². The van der Waals surface area contributed by atoms with Gasteiger partial charge in [0, 0.05) is 36.4 Å². The fraction of sp³-hybridized carbons (Fsp3) is 0.421. The number of nitrogens with one attached hydrogen (secondary N) is 1. The Kier molecular flexibility index (Phi) is 4.92. The first-order valence-electron chi connectivity index (χ1n) is 8.92. The molecular formula is C19H21ClN4O2S. The van der Waals surface area contributed by atoms with Crippen molar-refractivity contribution >= 4 is 39.1 Å². The number of pyridine rings is 1. The van der Waals surface area contributed by atoms with Crippen molar-refractivity contribution in [2.24, 2.45) is 7.05 Å². The molecule has 3 aromatic heterocycles. The van der Waals surface area contributed by atoms with E-state index in [0.717, 1.165) is 52.0 Å². The highest BCUT2D eigenvalue weighted by molar-refractivity contribution is 7.21. The predicted molar refractivity (Wildman–Crippen MR) is 108 cm³/mol. The van der Waals surface area contributed by atoms with Crippen LogP contribution in [0.4, 0.5) is 0 Å². The summed E-state index contributed by atoms with van der Waals surface area (Å²) in [7, 11) is 1.86. The van der Waals surface area contributed by atoms with E-state index < -0.39 is 0 Å². The van der Waals surface area contributed by atoms with Gasteiger partial charge in [0.25, 0.3) is 5.91 Å². The Balaban J connectivity index is 1.86. The number of thiophene rings is 1. The molecule has 27 heavy (non-hydrogen) atoms. The zero-order valence-corrected chi connectivity index (χ0v) is 17.1. The SMILES string of the molecule is Cc1nc2sc(C(=O)NC3CCCOC3)c(-c3cnn(C)c3)c2c(C)c1Cl. The summed E-state index contributed by atoms with van der Waals surface area (Å²) in [4.78, 5) is 19.2. The van der Waals surface area contributed by atoms with E-state index in [9.17, 15) is 4.79 Å². The summed E-state index contributed by atoms with van der Waals surface area (Å²) in [5.74, 6) is -0.0967. The zero-order chi connectivity index (χ0) is 19.1. The molecule has 0 bridgehead atoms. The number of carbonyl (C=O) groups is 1. The summed E-state index contributed by atoms with van der Waals surface area (Å²) >= 11 is 7.87. The van der Waals surface area contributed by atoms with Crippen LogP contribution in [-0.2, 0) is 11.8 Å². The van der Waals surface area contributed by atoms with Crippen LogP contribution in [0.5, 0.6) is 0 Å². The van der Waals surface area contributed by atoms with Gasteiger partial charge in [-0.2, -0.15) is 5.10 Å². The first-order valence-corrected chi connectivity index (χ1v) is 10.1. The lowest BCUT2D eigenvalue weighted by Gasteiger charge is -2.23. The second-order valence-corrected chi connectivity index (χ2v) is 8.29. The molecule has 1 atom stereocenters. The number of halogens is 1. The van der Waals surface area contributed by atoms with Crippen molar-refractivity contribution < 1.29 is 9.53 Å². The number of aryl methyl sites for hydroxylation is 3. The molecule has 8 heteroatoms. The van der Waals surface area contributed by atoms with Crippen molar-refractivity contribution in [3.63, 3.8) is 0 Å². The van der Waals surface area contributed by atoms with Gasteiger partial charge < -0.3 is 10.1 Å². The van der Waals surface area contributed by atoms with Crippen molar-refractivity contribution in [2.45, 2.75) is 32.7 Å². The van der Waals surface area contributed by atoms with E-state index in [4.69, 9.17) is 16.3 Å². The molecule has 0 aromatic carbocycles. The van der Waals surface area contributed by atoms with E-state index in [1.807, 2.05) is 27.1 Å². The second-order valence-electron chi connectivity index (χ2n) is 6.91. The molecule has 1 fully saturated rings. The van der Waals surface area contributed by atoms with Gasteiger partial charge >= 0.3 is 0 Å². The van der Waals surface area contributed by atoms with Crippen LogP contribution in [0.15, 0.2) is 12.4 Å². The van der Waals surface area contributed by atoms with Crippen LogP contribution in [0.25, 0.3) is 21.3 Å². The highest BCUT2D eigenvalue weighted by Crippen LogP contribution is 2.42. The molecular weight excluding hydrogens is 384 g/mol. The molecule has 3 aromatic rings. The summed E-state index contributed by atoms with van der Waals surface area (Å²) < 4.78 is 7.22. The topological polar surface area (TPSA) is 69.0 Å². The molecule has 0 aliphatic carbocycles. The Morgan fingerprint density at radius 2 is 2.26 bits per heavy atom. The first-order chi connectivity index (χ1) is 13.0. The summed E-state index contributed by atoms with van der Waals surface area (Å²) in [5.41, 5.74) is 3.45. The molecule has 0 radical (unpaired) electrons. The van der Waals surface area contributed by atoms with Gasteiger partial charge in [-0.1, -0.05) is 11.6 Å². The van der Waals surface area contributed by atoms with Gasteiger partial charge in [0.05, 0.1) is 29.6 Å². The minimum atomic E-state index is -0.0967. The summed E-state index contributed by atoms with van der Waals surface area (Å²) in [6, 6.07) is 0.0394. The Morgan fingerprint density at radius 3 is 2.93 bits per heavy atom. The number of nitrogens with zero attached hydrogens (tertiary/aromatic N) is 3. The predicted octanol–water partition coefficient (Wildman–Crippen LogP) is 3.88. The van der Waals surface area contributed by atoms with E-state index in [2.05, 4.69) is 15.4 Å². The number of aromatic nitrogens is 3. The molecule has 4 heterocycles. The maximum absolute atomic E-state index is 13.1. The average molecular weight is 405 g/mol. The third-order valence-corrected chi connectivity index (χ3v) is 6.52. The third kappa shape index (κ3) is 3.35. The fourth-order valence-corrected chi connectivity index (χ4v) is 4.86. The summed E-state index contributed by atoms with van der Waals surface area (Å²) in [6.45, 7) is 5.18. The molecule has 142 valence electrons. The first kappa shape index (κ1) is 18.4. The van der Waals surface area contributed by atoms with Gasteiger partial charge in [-0.15, -0.1) is 11.3 Å². The minimum absolute atomic E-state index is 0.0394. The molecule has 0 saturated carbocycles. The zero-order valence-electron chi connectivity index (χ0n) is 15.5. The van der Waals surface area contributed by atoms with Gasteiger partial charge in [0.15, 0.2) is 0 Å². The van der Waals surface area contributed by atoms with Crippen molar-refractivity contribution in [1.29, 1.82) is 0 Å². The number of rotatable bonds is 3. The molecule has 0 spiro atoms. The highest BCUT2D eigenvalue weighted by Gasteiger charge is 2.26. The molecule has 6 nitrogen and oxygen atoms in total. The lowest BCUT2D eigenvalue weighted by atomic mass is 10.0. The number of hydrogen-bond donors (Lipinski definition) is 1. The van der Waals surface area contributed by atoms with Gasteiger partial charge in [-0.3, -0.25) is 9.48 Å². The molecule has 1 N–H and O–H groups in total. The van der Waals surface area contributed by atoms with Crippen LogP contribution in [0, 0.1) is 13.8 Å². The number of hydrogen-bond acceptors (Lipinski definition) is 5. The number of fused-ring (bicyclic) bond motifs is 1. The molecule has 1 unspecified atom stereocenters. The fourth-order valence-electron chi connectivity index (χ4n) is 3.52. The molecule has 1 aliphatic heterocycles. The van der Waals surface area contributed by atoms with Crippen LogP contribution in [0.1, 0.15) is 33.8 Å². The average Bonchev–Trinajstić information content (AvgIpc) is 3.24. The Bertz CT molecular complexity index is 1020. The van der Waals surface area contributed by atoms with E-state index in [0.29, 0.717) is 16.5 Å². The van der Waals surface area contributed by atoms with Crippen molar-refractivity contribution in [2.75, 3.05) is 13.2 Å². The van der Waals surface area contributed by atoms with Gasteiger partial charge in [-0.25, -0.2) is 4.98 Å². The minimum Gasteiger partial charge on any atom is -0.379 e. The quantitative estimate of drug-likeness (QED) is 0.719. The molecule has 4 rings (SSSR count). The second kappa shape index (κ2) is 7.22. The summed E-state index contributed by atoms with van der Waals surface area (Å²) in [5, 5.41) is 8.96. The standard InChI is InChI=1S/C19H21ClN4O2S/c1-10-14-15(12-7-21-24(3)8-12)17(27-19(14)22-11(2)16(10)20)18(25)23-13-5-4-6-26-9-13/h7-8,13H,4-6,9H2,1-3H3,(H,23,25). The Labute approximate surface area is 166 Å². The van der Waals surface area contributed by atoms with Crippen LogP contribution >= 0.6 is 22.9 Å². The smallest absolute Gasteiger partial charge is 0.262 e. The molecule has 1 aliphatic rings. The molecule has 1 amide bonds. The lowest BCUT2D eigenvalue weighted by Crippen LogP contribution is -2.40. The van der Waals surface area contributed by atoms with Gasteiger partial charge in [0.1, 0.15) is 9.71 Å². The Hall–Kier alpha value is -1.96. The summed E-state index contributed by atoms with van der Waals surface area (Å²) in [6.07, 6.45) is 5.58. The number of carbonyl (C=O) groups excluding carboxylic acids is 1. The largest absolute Gasteiger partial charge is 0.379 e.